The molecule has 1 heterocycles. The maximum atomic E-state index is 12.2. The summed E-state index contributed by atoms with van der Waals surface area (Å²) in [5.74, 6) is 0.0760. The maximum absolute atomic E-state index is 12.2. The fourth-order valence-electron chi connectivity index (χ4n) is 2.57. The van der Waals surface area contributed by atoms with Crippen molar-refractivity contribution in [3.63, 3.8) is 0 Å². The van der Waals surface area contributed by atoms with Crippen molar-refractivity contribution >= 4 is 29.7 Å². The van der Waals surface area contributed by atoms with Gasteiger partial charge in [0.1, 0.15) is 0 Å². The van der Waals surface area contributed by atoms with Crippen molar-refractivity contribution < 1.29 is 4.79 Å². The Labute approximate surface area is 133 Å². The molecule has 4 nitrogen and oxygen atoms in total. The van der Waals surface area contributed by atoms with Crippen LogP contribution in [-0.2, 0) is 11.2 Å². The molecule has 0 aromatic heterocycles. The number of carbonyl (C=O) groups is 1. The monoisotopic (exact) mass is 311 g/mol. The Balaban J connectivity index is 0.00000220. The summed E-state index contributed by atoms with van der Waals surface area (Å²) < 4.78 is 0. The van der Waals surface area contributed by atoms with E-state index in [0.29, 0.717) is 6.54 Å². The van der Waals surface area contributed by atoms with Gasteiger partial charge in [0.25, 0.3) is 0 Å². The molecule has 118 valence electrons. The number of anilines is 2. The van der Waals surface area contributed by atoms with Gasteiger partial charge in [-0.15, -0.1) is 12.4 Å². The van der Waals surface area contributed by atoms with Crippen molar-refractivity contribution in [3.8, 4) is 0 Å². The van der Waals surface area contributed by atoms with E-state index < -0.39 is 0 Å². The first-order chi connectivity index (χ1) is 9.43. The minimum atomic E-state index is -0.147. The lowest BCUT2D eigenvalue weighted by Gasteiger charge is -2.33. The third kappa shape index (κ3) is 4.27. The fourth-order valence-corrected chi connectivity index (χ4v) is 2.57. The van der Waals surface area contributed by atoms with E-state index in [0.717, 1.165) is 37.2 Å². The van der Waals surface area contributed by atoms with E-state index in [4.69, 9.17) is 5.73 Å². The smallest absolute Gasteiger partial charge is 0.239 e. The van der Waals surface area contributed by atoms with E-state index in [-0.39, 0.29) is 23.9 Å². The number of fused-ring (bicyclic) bond motifs is 1. The van der Waals surface area contributed by atoms with Crippen LogP contribution in [0.3, 0.4) is 0 Å². The summed E-state index contributed by atoms with van der Waals surface area (Å²) in [5, 5.41) is 3.09. The second-order valence-electron chi connectivity index (χ2n) is 6.16. The third-order valence-corrected chi connectivity index (χ3v) is 4.08. The van der Waals surface area contributed by atoms with Crippen molar-refractivity contribution in [2.45, 2.75) is 45.6 Å². The minimum absolute atomic E-state index is 0. The highest BCUT2D eigenvalue weighted by Crippen LogP contribution is 2.30. The van der Waals surface area contributed by atoms with E-state index >= 15 is 0 Å². The molecule has 0 spiro atoms. The van der Waals surface area contributed by atoms with E-state index in [1.807, 2.05) is 26.0 Å². The van der Waals surface area contributed by atoms with Crippen LogP contribution in [0.25, 0.3) is 0 Å². The highest BCUT2D eigenvalue weighted by Gasteiger charge is 2.23. The summed E-state index contributed by atoms with van der Waals surface area (Å²) in [6.07, 6.45) is 2.97. The Morgan fingerprint density at radius 1 is 1.43 bits per heavy atom. The van der Waals surface area contributed by atoms with Crippen molar-refractivity contribution in [1.29, 1.82) is 0 Å². The molecule has 0 saturated heterocycles. The summed E-state index contributed by atoms with van der Waals surface area (Å²) in [5.41, 5.74) is 9.01. The van der Waals surface area contributed by atoms with Crippen LogP contribution in [0.5, 0.6) is 0 Å². The van der Waals surface area contributed by atoms with Crippen molar-refractivity contribution in [1.82, 2.24) is 5.32 Å². The summed E-state index contributed by atoms with van der Waals surface area (Å²) in [6.45, 7) is 7.49. The van der Waals surface area contributed by atoms with Crippen LogP contribution in [0.1, 0.15) is 39.2 Å². The zero-order valence-electron chi connectivity index (χ0n) is 13.1. The number of nitrogens with two attached hydrogens (primary N) is 1. The molecule has 3 N–H and O–H groups in total. The first kappa shape index (κ1) is 17.6. The summed E-state index contributed by atoms with van der Waals surface area (Å²) in [7, 11) is 0. The van der Waals surface area contributed by atoms with E-state index in [2.05, 4.69) is 23.2 Å². The topological polar surface area (TPSA) is 58.4 Å². The molecule has 0 fully saturated rings. The van der Waals surface area contributed by atoms with E-state index in [1.165, 1.54) is 5.56 Å². The highest BCUT2D eigenvalue weighted by molar-refractivity contribution is 5.85. The zero-order valence-corrected chi connectivity index (χ0v) is 13.9. The normalized spacial score (nSPS) is 14.1. The predicted octanol–water partition coefficient (Wildman–Crippen LogP) is 2.75. The van der Waals surface area contributed by atoms with Crippen molar-refractivity contribution in [2.24, 2.45) is 0 Å². The van der Waals surface area contributed by atoms with Gasteiger partial charge in [-0.25, -0.2) is 0 Å². The molecule has 1 aliphatic heterocycles. The zero-order chi connectivity index (χ0) is 14.8. The molecule has 0 unspecified atom stereocenters. The molecule has 0 aliphatic carbocycles. The molecule has 0 saturated carbocycles. The molecule has 0 bridgehead atoms. The number of carbonyl (C=O) groups excluding carboxylic acids is 1. The van der Waals surface area contributed by atoms with Crippen molar-refractivity contribution in [2.75, 3.05) is 23.7 Å². The lowest BCUT2D eigenvalue weighted by atomic mass is 9.99. The number of hydrogen-bond acceptors (Lipinski definition) is 3. The van der Waals surface area contributed by atoms with Gasteiger partial charge >= 0.3 is 0 Å². The Morgan fingerprint density at radius 2 is 2.14 bits per heavy atom. The molecular weight excluding hydrogens is 286 g/mol. The van der Waals surface area contributed by atoms with Gasteiger partial charge in [-0.05, 0) is 50.8 Å². The molecule has 1 aliphatic rings. The first-order valence-corrected chi connectivity index (χ1v) is 7.36. The molecule has 1 amide bonds. The Kier molecular flexibility index (Phi) is 5.90. The lowest BCUT2D eigenvalue weighted by molar-refractivity contribution is -0.121. The average Bonchev–Trinajstić information content (AvgIpc) is 2.39. The number of nitrogens with one attached hydrogen (secondary N) is 1. The van der Waals surface area contributed by atoms with Crippen LogP contribution < -0.4 is 16.0 Å². The molecule has 0 radical (unpaired) electrons. The van der Waals surface area contributed by atoms with Gasteiger partial charge in [-0.1, -0.05) is 13.0 Å². The quantitative estimate of drug-likeness (QED) is 0.841. The van der Waals surface area contributed by atoms with E-state index in [9.17, 15) is 4.79 Å². The second-order valence-corrected chi connectivity index (χ2v) is 6.16. The Bertz CT molecular complexity index is 502. The number of nitrogen functional groups attached to an aromatic ring is 1. The molecule has 5 heteroatoms. The predicted molar refractivity (Wildman–Crippen MR) is 91.1 cm³/mol. The van der Waals surface area contributed by atoms with Gasteiger partial charge < -0.3 is 16.0 Å². The maximum Gasteiger partial charge on any atom is 0.239 e. The van der Waals surface area contributed by atoms with Gasteiger partial charge in [0.2, 0.25) is 5.91 Å². The standard InChI is InChI=1S/C16H25N3O.ClH/c1-4-16(2,3)18-15(20)11-19-10-6-7-12-13(17)8-5-9-14(12)19;/h5,8-9H,4,6-7,10-11,17H2,1-3H3,(H,18,20);1H. The lowest BCUT2D eigenvalue weighted by Crippen LogP contribution is -2.48. The van der Waals surface area contributed by atoms with Crippen LogP contribution >= 0.6 is 12.4 Å². The minimum Gasteiger partial charge on any atom is -0.398 e. The summed E-state index contributed by atoms with van der Waals surface area (Å²) >= 11 is 0. The molecule has 0 atom stereocenters. The molecular formula is C16H26ClN3O. The second kappa shape index (κ2) is 7.03. The first-order valence-electron chi connectivity index (χ1n) is 7.36. The number of halogens is 1. The van der Waals surface area contributed by atoms with Crippen LogP contribution in [0.4, 0.5) is 11.4 Å². The number of rotatable bonds is 4. The highest BCUT2D eigenvalue weighted by atomic mass is 35.5. The number of hydrogen-bond donors (Lipinski definition) is 2. The van der Waals surface area contributed by atoms with Gasteiger partial charge in [0, 0.05) is 23.5 Å². The number of benzene rings is 1. The molecule has 1 aromatic rings. The molecule has 2 rings (SSSR count). The van der Waals surface area contributed by atoms with E-state index in [1.54, 1.807) is 0 Å². The average molecular weight is 312 g/mol. The third-order valence-electron chi connectivity index (χ3n) is 4.08. The molecule has 21 heavy (non-hydrogen) atoms. The van der Waals surface area contributed by atoms with Crippen LogP contribution in [-0.4, -0.2) is 24.5 Å². The SMILES string of the molecule is CCC(C)(C)NC(=O)CN1CCCc2c(N)cccc21.Cl. The van der Waals surface area contributed by atoms with Gasteiger partial charge in [-0.2, -0.15) is 0 Å². The van der Waals surface area contributed by atoms with Crippen molar-refractivity contribution in [3.05, 3.63) is 23.8 Å². The number of nitrogens with zero attached hydrogens (tertiary/aromatic N) is 1. The van der Waals surface area contributed by atoms with Gasteiger partial charge in [0.05, 0.1) is 6.54 Å². The Morgan fingerprint density at radius 3 is 2.81 bits per heavy atom. The van der Waals surface area contributed by atoms with Crippen LogP contribution in [0, 0.1) is 0 Å². The molecule has 1 aromatic carbocycles. The number of amides is 1. The van der Waals surface area contributed by atoms with Crippen LogP contribution in [0.15, 0.2) is 18.2 Å². The summed E-state index contributed by atoms with van der Waals surface area (Å²) in [6, 6.07) is 5.95. The summed E-state index contributed by atoms with van der Waals surface area (Å²) in [4.78, 5) is 14.3. The van der Waals surface area contributed by atoms with Gasteiger partial charge in [0.15, 0.2) is 0 Å². The largest absolute Gasteiger partial charge is 0.398 e. The van der Waals surface area contributed by atoms with Gasteiger partial charge in [-0.3, -0.25) is 4.79 Å². The van der Waals surface area contributed by atoms with Crippen LogP contribution in [0.2, 0.25) is 0 Å². The fraction of sp³-hybridized carbons (Fsp3) is 0.562. The Hall–Kier alpha value is -1.42.